The van der Waals surface area contributed by atoms with E-state index in [1.807, 2.05) is 60.3 Å². The van der Waals surface area contributed by atoms with Gasteiger partial charge in [-0.15, -0.1) is 10.2 Å². The molecule has 0 bridgehead atoms. The molecule has 5 nitrogen and oxygen atoms in total. The average Bonchev–Trinajstić information content (AvgIpc) is 3.14. The molecule has 4 rings (SSSR count). The molecule has 2 aromatic carbocycles. The summed E-state index contributed by atoms with van der Waals surface area (Å²) in [5, 5.41) is 13.8. The van der Waals surface area contributed by atoms with E-state index in [9.17, 15) is 0 Å². The fourth-order valence-corrected chi connectivity index (χ4v) is 2.66. The molecule has 0 unspecified atom stereocenters. The second kappa shape index (κ2) is 5.06. The third-order valence-corrected chi connectivity index (χ3v) is 4.01. The molecule has 22 heavy (non-hydrogen) atoms. The minimum Gasteiger partial charge on any atom is -0.415 e. The van der Waals surface area contributed by atoms with Gasteiger partial charge in [-0.25, -0.2) is 0 Å². The maximum atomic E-state index is 5.80. The molecule has 2 heterocycles. The Balaban J connectivity index is 1.82. The summed E-state index contributed by atoms with van der Waals surface area (Å²) < 4.78 is 8.62. The van der Waals surface area contributed by atoms with Gasteiger partial charge in [0.05, 0.1) is 5.52 Å². The molecule has 0 spiro atoms. The third kappa shape index (κ3) is 2.12. The summed E-state index contributed by atoms with van der Waals surface area (Å²) in [6, 6.07) is 15.7. The van der Waals surface area contributed by atoms with Crippen molar-refractivity contribution in [1.82, 2.24) is 20.0 Å². The minimum atomic E-state index is 0.426. The average molecular weight is 355 g/mol. The first-order chi connectivity index (χ1) is 10.7. The van der Waals surface area contributed by atoms with Crippen LogP contribution in [0.5, 0.6) is 0 Å². The Hall–Kier alpha value is -2.47. The first-order valence-corrected chi connectivity index (χ1v) is 7.53. The van der Waals surface area contributed by atoms with Crippen LogP contribution in [-0.2, 0) is 7.05 Å². The molecule has 0 atom stereocenters. The first kappa shape index (κ1) is 13.2. The van der Waals surface area contributed by atoms with Crippen molar-refractivity contribution in [3.8, 4) is 23.0 Å². The Bertz CT molecular complexity index is 956. The topological polar surface area (TPSA) is 56.7 Å². The lowest BCUT2D eigenvalue weighted by Gasteiger charge is -1.94. The van der Waals surface area contributed by atoms with Crippen LogP contribution in [0.3, 0.4) is 0 Å². The zero-order chi connectivity index (χ0) is 15.1. The van der Waals surface area contributed by atoms with Crippen molar-refractivity contribution in [2.75, 3.05) is 0 Å². The van der Waals surface area contributed by atoms with Crippen molar-refractivity contribution in [3.05, 3.63) is 53.0 Å². The maximum absolute atomic E-state index is 5.80. The standard InChI is InChI=1S/C16H11BrN4O/c1-21-13-5-3-2-4-12(13)14(20-21)16-19-18-15(22-16)10-6-8-11(17)9-7-10/h2-9H,1H3. The fourth-order valence-electron chi connectivity index (χ4n) is 2.40. The second-order valence-electron chi connectivity index (χ2n) is 4.91. The number of hydrogen-bond donors (Lipinski definition) is 0. The van der Waals surface area contributed by atoms with Gasteiger partial charge in [0.15, 0.2) is 5.69 Å². The van der Waals surface area contributed by atoms with Crippen LogP contribution >= 0.6 is 15.9 Å². The van der Waals surface area contributed by atoms with Gasteiger partial charge >= 0.3 is 0 Å². The van der Waals surface area contributed by atoms with Crippen LogP contribution in [0.15, 0.2) is 57.4 Å². The van der Waals surface area contributed by atoms with Crippen LogP contribution in [0.25, 0.3) is 33.9 Å². The van der Waals surface area contributed by atoms with Crippen molar-refractivity contribution in [2.45, 2.75) is 0 Å². The van der Waals surface area contributed by atoms with Crippen LogP contribution in [0, 0.1) is 0 Å². The van der Waals surface area contributed by atoms with Gasteiger partial charge in [0, 0.05) is 22.5 Å². The maximum Gasteiger partial charge on any atom is 0.269 e. The number of rotatable bonds is 2. The predicted molar refractivity (Wildman–Crippen MR) is 87.1 cm³/mol. The molecular formula is C16H11BrN4O. The van der Waals surface area contributed by atoms with Gasteiger partial charge in [-0.2, -0.15) is 5.10 Å². The van der Waals surface area contributed by atoms with Crippen LogP contribution in [0.1, 0.15) is 0 Å². The molecule has 0 saturated heterocycles. The number of fused-ring (bicyclic) bond motifs is 1. The van der Waals surface area contributed by atoms with Crippen LogP contribution in [0.2, 0.25) is 0 Å². The summed E-state index contributed by atoms with van der Waals surface area (Å²) >= 11 is 3.41. The zero-order valence-corrected chi connectivity index (χ0v) is 13.3. The molecular weight excluding hydrogens is 344 g/mol. The number of para-hydroxylation sites is 1. The van der Waals surface area contributed by atoms with E-state index in [0.717, 1.165) is 20.9 Å². The fraction of sp³-hybridized carbons (Fsp3) is 0.0625. The van der Waals surface area contributed by atoms with Gasteiger partial charge in [-0.3, -0.25) is 4.68 Å². The van der Waals surface area contributed by atoms with E-state index >= 15 is 0 Å². The SMILES string of the molecule is Cn1nc(-c2nnc(-c3ccc(Br)cc3)o2)c2ccccc21. The first-order valence-electron chi connectivity index (χ1n) is 6.74. The number of halogens is 1. The summed E-state index contributed by atoms with van der Waals surface area (Å²) in [4.78, 5) is 0. The summed E-state index contributed by atoms with van der Waals surface area (Å²) in [7, 11) is 1.90. The van der Waals surface area contributed by atoms with E-state index < -0.39 is 0 Å². The Labute approximate surface area is 134 Å². The quantitative estimate of drug-likeness (QED) is 0.544. The summed E-state index contributed by atoms with van der Waals surface area (Å²) in [6.45, 7) is 0. The summed E-state index contributed by atoms with van der Waals surface area (Å²) in [6.07, 6.45) is 0. The number of benzene rings is 2. The monoisotopic (exact) mass is 354 g/mol. The molecule has 0 amide bonds. The number of hydrogen-bond acceptors (Lipinski definition) is 4. The van der Waals surface area contributed by atoms with E-state index in [1.54, 1.807) is 0 Å². The van der Waals surface area contributed by atoms with E-state index in [2.05, 4.69) is 31.2 Å². The lowest BCUT2D eigenvalue weighted by Crippen LogP contribution is -1.89. The van der Waals surface area contributed by atoms with E-state index in [1.165, 1.54) is 0 Å². The zero-order valence-electron chi connectivity index (χ0n) is 11.7. The minimum absolute atomic E-state index is 0.426. The van der Waals surface area contributed by atoms with Crippen LogP contribution in [0.4, 0.5) is 0 Å². The van der Waals surface area contributed by atoms with Gasteiger partial charge in [0.1, 0.15) is 0 Å². The lowest BCUT2D eigenvalue weighted by molar-refractivity contribution is 0.580. The molecule has 2 aromatic heterocycles. The number of nitrogens with zero attached hydrogens (tertiary/aromatic N) is 4. The van der Waals surface area contributed by atoms with Gasteiger partial charge < -0.3 is 4.42 Å². The molecule has 0 aliphatic heterocycles. The Morgan fingerprint density at radius 3 is 2.50 bits per heavy atom. The predicted octanol–water partition coefficient (Wildman–Crippen LogP) is 4.05. The molecule has 108 valence electrons. The highest BCUT2D eigenvalue weighted by Crippen LogP contribution is 2.29. The van der Waals surface area contributed by atoms with Crippen LogP contribution < -0.4 is 0 Å². The van der Waals surface area contributed by atoms with Crippen molar-refractivity contribution in [2.24, 2.45) is 7.05 Å². The Morgan fingerprint density at radius 1 is 0.955 bits per heavy atom. The second-order valence-corrected chi connectivity index (χ2v) is 5.82. The summed E-state index contributed by atoms with van der Waals surface area (Å²) in [5.41, 5.74) is 2.61. The van der Waals surface area contributed by atoms with Gasteiger partial charge in [0.25, 0.3) is 5.89 Å². The summed E-state index contributed by atoms with van der Waals surface area (Å²) in [5.74, 6) is 0.909. The Morgan fingerprint density at radius 2 is 1.68 bits per heavy atom. The highest BCUT2D eigenvalue weighted by atomic mass is 79.9. The van der Waals surface area contributed by atoms with E-state index in [-0.39, 0.29) is 0 Å². The number of aromatic nitrogens is 4. The number of aryl methyl sites for hydroxylation is 1. The van der Waals surface area contributed by atoms with Gasteiger partial charge in [-0.1, -0.05) is 34.1 Å². The lowest BCUT2D eigenvalue weighted by atomic mass is 10.2. The van der Waals surface area contributed by atoms with Gasteiger partial charge in [-0.05, 0) is 30.3 Å². The van der Waals surface area contributed by atoms with Crippen molar-refractivity contribution in [1.29, 1.82) is 0 Å². The highest BCUT2D eigenvalue weighted by molar-refractivity contribution is 9.10. The molecule has 0 fully saturated rings. The van der Waals surface area contributed by atoms with Gasteiger partial charge in [0.2, 0.25) is 5.89 Å². The molecule has 0 N–H and O–H groups in total. The molecule has 4 aromatic rings. The molecule has 6 heteroatoms. The van der Waals surface area contributed by atoms with E-state index in [4.69, 9.17) is 4.42 Å². The molecule has 0 aliphatic carbocycles. The smallest absolute Gasteiger partial charge is 0.269 e. The molecule has 0 saturated carbocycles. The highest BCUT2D eigenvalue weighted by Gasteiger charge is 2.17. The van der Waals surface area contributed by atoms with Crippen molar-refractivity contribution < 1.29 is 4.42 Å². The van der Waals surface area contributed by atoms with Crippen molar-refractivity contribution in [3.63, 3.8) is 0 Å². The largest absolute Gasteiger partial charge is 0.415 e. The molecule has 0 aliphatic rings. The molecule has 0 radical (unpaired) electrons. The Kier molecular flexibility index (Phi) is 3.04. The van der Waals surface area contributed by atoms with Crippen molar-refractivity contribution >= 4 is 26.8 Å². The third-order valence-electron chi connectivity index (χ3n) is 3.48. The normalized spacial score (nSPS) is 11.2. The van der Waals surface area contributed by atoms with Crippen LogP contribution in [-0.4, -0.2) is 20.0 Å². The van der Waals surface area contributed by atoms with E-state index in [0.29, 0.717) is 17.5 Å².